The Bertz CT molecular complexity index is 741. The van der Waals surface area contributed by atoms with Gasteiger partial charge in [0.25, 0.3) is 5.91 Å². The lowest BCUT2D eigenvalue weighted by Crippen LogP contribution is -2.17. The van der Waals surface area contributed by atoms with Gasteiger partial charge in [0.2, 0.25) is 5.91 Å². The second kappa shape index (κ2) is 6.91. The molecule has 0 radical (unpaired) electrons. The van der Waals surface area contributed by atoms with E-state index >= 15 is 0 Å². The molecule has 0 saturated carbocycles. The Morgan fingerprint density at radius 1 is 1.04 bits per heavy atom. The van der Waals surface area contributed by atoms with Gasteiger partial charge in [-0.05, 0) is 36.8 Å². The molecule has 6 nitrogen and oxygen atoms in total. The van der Waals surface area contributed by atoms with Gasteiger partial charge >= 0.3 is 0 Å². The molecule has 0 aliphatic rings. The molecular weight excluding hydrogens is 292 g/mol. The molecular formula is C17H20N4O2. The van der Waals surface area contributed by atoms with Crippen LogP contribution < -0.4 is 15.5 Å². The van der Waals surface area contributed by atoms with E-state index in [-0.39, 0.29) is 11.8 Å². The van der Waals surface area contributed by atoms with Gasteiger partial charge in [0.1, 0.15) is 5.69 Å². The summed E-state index contributed by atoms with van der Waals surface area (Å²) in [5.41, 5.74) is 3.27. The maximum atomic E-state index is 12.4. The fraction of sp³-hybridized carbons (Fsp3) is 0.235. The van der Waals surface area contributed by atoms with Crippen molar-refractivity contribution in [3.05, 3.63) is 47.8 Å². The lowest BCUT2D eigenvalue weighted by molar-refractivity contribution is -0.114. The van der Waals surface area contributed by atoms with Gasteiger partial charge in [-0.15, -0.1) is 0 Å². The summed E-state index contributed by atoms with van der Waals surface area (Å²) < 4.78 is 0. The van der Waals surface area contributed by atoms with Crippen LogP contribution in [0.15, 0.2) is 36.5 Å². The van der Waals surface area contributed by atoms with Crippen molar-refractivity contribution in [2.24, 2.45) is 0 Å². The summed E-state index contributed by atoms with van der Waals surface area (Å²) >= 11 is 0. The maximum Gasteiger partial charge on any atom is 0.274 e. The smallest absolute Gasteiger partial charge is 0.274 e. The molecule has 23 heavy (non-hydrogen) atoms. The van der Waals surface area contributed by atoms with E-state index in [0.29, 0.717) is 17.1 Å². The molecule has 0 spiro atoms. The molecule has 1 heterocycles. The van der Waals surface area contributed by atoms with Gasteiger partial charge in [-0.3, -0.25) is 14.6 Å². The zero-order valence-corrected chi connectivity index (χ0v) is 13.7. The van der Waals surface area contributed by atoms with Crippen LogP contribution in [0.1, 0.15) is 23.0 Å². The van der Waals surface area contributed by atoms with Crippen LogP contribution in [0, 0.1) is 6.92 Å². The Morgan fingerprint density at radius 3 is 2.43 bits per heavy atom. The number of amides is 2. The predicted molar refractivity (Wildman–Crippen MR) is 92.0 cm³/mol. The largest absolute Gasteiger partial charge is 0.378 e. The van der Waals surface area contributed by atoms with Gasteiger partial charge in [-0.25, -0.2) is 0 Å². The Balaban J connectivity index is 2.28. The molecule has 0 bridgehead atoms. The number of carbonyl (C=O) groups excluding carboxylic acids is 2. The van der Waals surface area contributed by atoms with E-state index < -0.39 is 0 Å². The minimum Gasteiger partial charge on any atom is -0.378 e. The van der Waals surface area contributed by atoms with E-state index in [2.05, 4.69) is 15.6 Å². The number of aryl methyl sites for hydroxylation is 1. The van der Waals surface area contributed by atoms with Crippen molar-refractivity contribution in [1.82, 2.24) is 4.98 Å². The second-order valence-corrected chi connectivity index (χ2v) is 5.48. The molecule has 0 fully saturated rings. The molecule has 2 amide bonds. The predicted octanol–water partition coefficient (Wildman–Crippen LogP) is 2.67. The van der Waals surface area contributed by atoms with E-state index in [1.54, 1.807) is 24.4 Å². The third-order valence-corrected chi connectivity index (χ3v) is 3.23. The first kappa shape index (κ1) is 16.5. The Morgan fingerprint density at radius 2 is 1.78 bits per heavy atom. The van der Waals surface area contributed by atoms with Crippen molar-refractivity contribution in [1.29, 1.82) is 0 Å². The third kappa shape index (κ3) is 4.29. The van der Waals surface area contributed by atoms with E-state index in [1.165, 1.54) is 6.92 Å². The molecule has 0 atom stereocenters. The van der Waals surface area contributed by atoms with Crippen LogP contribution in [-0.2, 0) is 4.79 Å². The van der Waals surface area contributed by atoms with Gasteiger partial charge < -0.3 is 15.5 Å². The first-order chi connectivity index (χ1) is 10.9. The zero-order chi connectivity index (χ0) is 17.0. The zero-order valence-electron chi connectivity index (χ0n) is 13.7. The lowest BCUT2D eigenvalue weighted by Gasteiger charge is -2.14. The fourth-order valence-electron chi connectivity index (χ4n) is 2.07. The molecule has 2 aromatic rings. The highest BCUT2D eigenvalue weighted by Gasteiger charge is 2.12. The fourth-order valence-corrected chi connectivity index (χ4v) is 2.07. The monoisotopic (exact) mass is 312 g/mol. The number of hydrogen-bond donors (Lipinski definition) is 2. The van der Waals surface area contributed by atoms with Gasteiger partial charge in [0, 0.05) is 32.9 Å². The lowest BCUT2D eigenvalue weighted by atomic mass is 10.2. The van der Waals surface area contributed by atoms with E-state index in [0.717, 1.165) is 11.3 Å². The number of nitrogens with one attached hydrogen (secondary N) is 2. The van der Waals surface area contributed by atoms with E-state index in [9.17, 15) is 9.59 Å². The van der Waals surface area contributed by atoms with Gasteiger partial charge in [0.15, 0.2) is 0 Å². The van der Waals surface area contributed by atoms with Crippen molar-refractivity contribution in [2.45, 2.75) is 13.8 Å². The topological polar surface area (TPSA) is 74.3 Å². The number of hydrogen-bond acceptors (Lipinski definition) is 4. The summed E-state index contributed by atoms with van der Waals surface area (Å²) in [4.78, 5) is 29.7. The Kier molecular flexibility index (Phi) is 4.95. The Hall–Kier alpha value is -2.89. The molecule has 0 unspecified atom stereocenters. The molecule has 2 rings (SSSR count). The SMILES string of the molecule is CC(=O)Nc1ccc(C)cc1NC(=O)c1cc(N(C)C)ccn1. The van der Waals surface area contributed by atoms with Crippen molar-refractivity contribution in [3.8, 4) is 0 Å². The highest BCUT2D eigenvalue weighted by Crippen LogP contribution is 2.24. The number of nitrogens with zero attached hydrogens (tertiary/aromatic N) is 2. The van der Waals surface area contributed by atoms with Gasteiger partial charge in [0.05, 0.1) is 11.4 Å². The summed E-state index contributed by atoms with van der Waals surface area (Å²) in [6.45, 7) is 3.34. The molecule has 1 aromatic heterocycles. The van der Waals surface area contributed by atoms with Crippen molar-refractivity contribution < 1.29 is 9.59 Å². The van der Waals surface area contributed by atoms with Crippen molar-refractivity contribution in [3.63, 3.8) is 0 Å². The van der Waals surface area contributed by atoms with Gasteiger partial charge in [-0.1, -0.05) is 6.07 Å². The summed E-state index contributed by atoms with van der Waals surface area (Å²) in [7, 11) is 3.79. The summed E-state index contributed by atoms with van der Waals surface area (Å²) in [6.07, 6.45) is 1.59. The van der Waals surface area contributed by atoms with E-state index in [4.69, 9.17) is 0 Å². The highest BCUT2D eigenvalue weighted by molar-refractivity contribution is 6.06. The average Bonchev–Trinajstić information content (AvgIpc) is 2.49. The molecule has 0 aliphatic carbocycles. The van der Waals surface area contributed by atoms with Crippen LogP contribution in [0.4, 0.5) is 17.1 Å². The van der Waals surface area contributed by atoms with Crippen LogP contribution in [0.25, 0.3) is 0 Å². The maximum absolute atomic E-state index is 12.4. The van der Waals surface area contributed by atoms with Crippen LogP contribution in [0.3, 0.4) is 0 Å². The van der Waals surface area contributed by atoms with Crippen LogP contribution >= 0.6 is 0 Å². The number of anilines is 3. The van der Waals surface area contributed by atoms with E-state index in [1.807, 2.05) is 38.1 Å². The van der Waals surface area contributed by atoms with Crippen LogP contribution in [-0.4, -0.2) is 30.9 Å². The van der Waals surface area contributed by atoms with Crippen LogP contribution in [0.2, 0.25) is 0 Å². The normalized spacial score (nSPS) is 10.1. The number of carbonyl (C=O) groups is 2. The number of rotatable bonds is 4. The number of pyridine rings is 1. The van der Waals surface area contributed by atoms with Crippen LogP contribution in [0.5, 0.6) is 0 Å². The second-order valence-electron chi connectivity index (χ2n) is 5.48. The summed E-state index contributed by atoms with van der Waals surface area (Å²) in [5, 5.41) is 5.51. The average molecular weight is 312 g/mol. The molecule has 6 heteroatoms. The summed E-state index contributed by atoms with van der Waals surface area (Å²) in [5.74, 6) is -0.525. The molecule has 0 saturated heterocycles. The first-order valence-electron chi connectivity index (χ1n) is 7.20. The first-order valence-corrected chi connectivity index (χ1v) is 7.20. The van der Waals surface area contributed by atoms with Crippen molar-refractivity contribution >= 4 is 28.9 Å². The minimum absolute atomic E-state index is 0.197. The number of benzene rings is 1. The standard InChI is InChI=1S/C17H20N4O2/c1-11-5-6-14(19-12(2)22)15(9-11)20-17(23)16-10-13(21(3)4)7-8-18-16/h5-10H,1-4H3,(H,19,22)(H,20,23). The third-order valence-electron chi connectivity index (χ3n) is 3.23. The molecule has 1 aromatic carbocycles. The Labute approximate surface area is 135 Å². The number of aromatic nitrogens is 1. The highest BCUT2D eigenvalue weighted by atomic mass is 16.2. The van der Waals surface area contributed by atoms with Gasteiger partial charge in [-0.2, -0.15) is 0 Å². The quantitative estimate of drug-likeness (QED) is 0.910. The molecule has 120 valence electrons. The summed E-state index contributed by atoms with van der Waals surface area (Å²) in [6, 6.07) is 8.97. The van der Waals surface area contributed by atoms with Crippen molar-refractivity contribution in [2.75, 3.05) is 29.6 Å². The minimum atomic E-state index is -0.328. The molecule has 0 aliphatic heterocycles. The molecule has 2 N–H and O–H groups in total.